The van der Waals surface area contributed by atoms with Crippen LogP contribution in [-0.4, -0.2) is 36.9 Å². The standard InChI is InChI=1S/C26H28N2O3/c1-18-5-8-20(9-6-18)26(30)28-13-3-4-23(17-28)25(29)27-16-19-7-10-22-15-24(31-2)12-11-21(22)14-19/h5-12,14-15,23H,3-4,13,16-17H2,1-2H3,(H,27,29). The van der Waals surface area contributed by atoms with Crippen LogP contribution in [0.25, 0.3) is 10.8 Å². The summed E-state index contributed by atoms with van der Waals surface area (Å²) in [4.78, 5) is 27.4. The van der Waals surface area contributed by atoms with Crippen LogP contribution >= 0.6 is 0 Å². The summed E-state index contributed by atoms with van der Waals surface area (Å²) in [5, 5.41) is 5.28. The van der Waals surface area contributed by atoms with Crippen molar-refractivity contribution >= 4 is 22.6 Å². The van der Waals surface area contributed by atoms with Crippen molar-refractivity contribution in [3.05, 3.63) is 77.4 Å². The molecule has 1 heterocycles. The quantitative estimate of drug-likeness (QED) is 0.674. The molecule has 1 fully saturated rings. The Labute approximate surface area is 183 Å². The van der Waals surface area contributed by atoms with Crippen LogP contribution in [-0.2, 0) is 11.3 Å². The molecule has 3 aromatic rings. The first kappa shape index (κ1) is 20.9. The van der Waals surface area contributed by atoms with E-state index in [-0.39, 0.29) is 17.7 Å². The molecular formula is C26H28N2O3. The van der Waals surface area contributed by atoms with Gasteiger partial charge < -0.3 is 15.0 Å². The number of rotatable bonds is 5. The van der Waals surface area contributed by atoms with Crippen LogP contribution in [0.1, 0.15) is 34.3 Å². The van der Waals surface area contributed by atoms with E-state index in [0.717, 1.165) is 40.5 Å². The Morgan fingerprint density at radius 3 is 2.55 bits per heavy atom. The van der Waals surface area contributed by atoms with Crippen LogP contribution in [0.5, 0.6) is 5.75 Å². The predicted octanol–water partition coefficient (Wildman–Crippen LogP) is 4.33. The lowest BCUT2D eigenvalue weighted by atomic mass is 9.96. The number of aryl methyl sites for hydroxylation is 1. The van der Waals surface area contributed by atoms with E-state index in [4.69, 9.17) is 4.74 Å². The second-order valence-corrected chi connectivity index (χ2v) is 8.22. The fraction of sp³-hybridized carbons (Fsp3) is 0.308. The van der Waals surface area contributed by atoms with Crippen molar-refractivity contribution in [3.63, 3.8) is 0 Å². The smallest absolute Gasteiger partial charge is 0.253 e. The highest BCUT2D eigenvalue weighted by Crippen LogP contribution is 2.23. The maximum atomic E-state index is 12.8. The molecule has 0 saturated carbocycles. The summed E-state index contributed by atoms with van der Waals surface area (Å²) in [5.41, 5.74) is 2.86. The molecule has 1 aliphatic rings. The first-order valence-electron chi connectivity index (χ1n) is 10.7. The molecule has 160 valence electrons. The van der Waals surface area contributed by atoms with Crippen molar-refractivity contribution in [3.8, 4) is 5.75 Å². The SMILES string of the molecule is COc1ccc2cc(CNC(=O)C3CCCN(C(=O)c4ccc(C)cc4)C3)ccc2c1. The largest absolute Gasteiger partial charge is 0.497 e. The third-order valence-electron chi connectivity index (χ3n) is 5.96. The molecule has 5 nitrogen and oxygen atoms in total. The number of nitrogens with zero attached hydrogens (tertiary/aromatic N) is 1. The molecule has 5 heteroatoms. The lowest BCUT2D eigenvalue weighted by molar-refractivity contribution is -0.126. The van der Waals surface area contributed by atoms with Gasteiger partial charge in [0.25, 0.3) is 5.91 Å². The molecule has 2 amide bonds. The Bertz CT molecular complexity index is 1090. The number of amides is 2. The van der Waals surface area contributed by atoms with Gasteiger partial charge in [-0.2, -0.15) is 0 Å². The van der Waals surface area contributed by atoms with E-state index in [1.165, 1.54) is 0 Å². The van der Waals surface area contributed by atoms with E-state index in [0.29, 0.717) is 25.2 Å². The summed E-state index contributed by atoms with van der Waals surface area (Å²) < 4.78 is 5.27. The minimum Gasteiger partial charge on any atom is -0.497 e. The number of hydrogen-bond acceptors (Lipinski definition) is 3. The van der Waals surface area contributed by atoms with E-state index in [1.807, 2.05) is 66.4 Å². The summed E-state index contributed by atoms with van der Waals surface area (Å²) in [7, 11) is 1.66. The molecule has 4 rings (SSSR count). The molecule has 1 saturated heterocycles. The van der Waals surface area contributed by atoms with Gasteiger partial charge in [-0.3, -0.25) is 9.59 Å². The highest BCUT2D eigenvalue weighted by molar-refractivity contribution is 5.94. The Morgan fingerprint density at radius 1 is 1.03 bits per heavy atom. The molecule has 0 radical (unpaired) electrons. The van der Waals surface area contributed by atoms with Crippen molar-refractivity contribution in [2.75, 3.05) is 20.2 Å². The number of carbonyl (C=O) groups is 2. The van der Waals surface area contributed by atoms with Crippen LogP contribution in [0.2, 0.25) is 0 Å². The van der Waals surface area contributed by atoms with Crippen LogP contribution < -0.4 is 10.1 Å². The molecule has 3 aromatic carbocycles. The van der Waals surface area contributed by atoms with Gasteiger partial charge in [-0.1, -0.05) is 35.9 Å². The van der Waals surface area contributed by atoms with E-state index >= 15 is 0 Å². The molecule has 1 N–H and O–H groups in total. The third-order valence-corrected chi connectivity index (χ3v) is 5.96. The highest BCUT2D eigenvalue weighted by atomic mass is 16.5. The van der Waals surface area contributed by atoms with Gasteiger partial charge in [0, 0.05) is 25.2 Å². The fourth-order valence-electron chi connectivity index (χ4n) is 4.10. The first-order valence-corrected chi connectivity index (χ1v) is 10.7. The number of nitrogens with one attached hydrogen (secondary N) is 1. The van der Waals surface area contributed by atoms with Gasteiger partial charge in [0.2, 0.25) is 5.91 Å². The van der Waals surface area contributed by atoms with Crippen molar-refractivity contribution in [1.29, 1.82) is 0 Å². The Kier molecular flexibility index (Phi) is 6.21. The molecule has 0 aromatic heterocycles. The van der Waals surface area contributed by atoms with E-state index < -0.39 is 0 Å². The maximum Gasteiger partial charge on any atom is 0.253 e. The predicted molar refractivity (Wildman–Crippen MR) is 122 cm³/mol. The number of likely N-dealkylation sites (tertiary alicyclic amines) is 1. The van der Waals surface area contributed by atoms with Crippen molar-refractivity contribution in [2.24, 2.45) is 5.92 Å². The molecule has 0 aliphatic carbocycles. The monoisotopic (exact) mass is 416 g/mol. The zero-order chi connectivity index (χ0) is 21.8. The van der Waals surface area contributed by atoms with Crippen molar-refractivity contribution in [1.82, 2.24) is 10.2 Å². The van der Waals surface area contributed by atoms with Gasteiger partial charge in [-0.25, -0.2) is 0 Å². The number of piperidine rings is 1. The number of methoxy groups -OCH3 is 1. The van der Waals surface area contributed by atoms with Gasteiger partial charge in [-0.15, -0.1) is 0 Å². The van der Waals surface area contributed by atoms with Crippen LogP contribution in [0.3, 0.4) is 0 Å². The molecular weight excluding hydrogens is 388 g/mol. The lowest BCUT2D eigenvalue weighted by Gasteiger charge is -2.32. The van der Waals surface area contributed by atoms with Gasteiger partial charge in [0.1, 0.15) is 5.75 Å². The second kappa shape index (κ2) is 9.21. The zero-order valence-corrected chi connectivity index (χ0v) is 18.1. The van der Waals surface area contributed by atoms with Gasteiger partial charge >= 0.3 is 0 Å². The number of fused-ring (bicyclic) bond motifs is 1. The summed E-state index contributed by atoms with van der Waals surface area (Å²) in [6.07, 6.45) is 1.65. The van der Waals surface area contributed by atoms with Crippen LogP contribution in [0.4, 0.5) is 0 Å². The molecule has 31 heavy (non-hydrogen) atoms. The third kappa shape index (κ3) is 4.88. The molecule has 0 spiro atoms. The summed E-state index contributed by atoms with van der Waals surface area (Å²) >= 11 is 0. The molecule has 0 bridgehead atoms. The minimum atomic E-state index is -0.173. The van der Waals surface area contributed by atoms with E-state index in [1.54, 1.807) is 7.11 Å². The number of ether oxygens (including phenoxy) is 1. The fourth-order valence-corrected chi connectivity index (χ4v) is 4.10. The Hall–Kier alpha value is -3.34. The molecule has 1 aliphatic heterocycles. The molecule has 1 unspecified atom stereocenters. The average Bonchev–Trinajstić information content (AvgIpc) is 2.82. The van der Waals surface area contributed by atoms with E-state index in [2.05, 4.69) is 11.4 Å². The van der Waals surface area contributed by atoms with Crippen LogP contribution in [0, 0.1) is 12.8 Å². The lowest BCUT2D eigenvalue weighted by Crippen LogP contribution is -2.45. The average molecular weight is 417 g/mol. The van der Waals surface area contributed by atoms with Gasteiger partial charge in [0.15, 0.2) is 0 Å². The second-order valence-electron chi connectivity index (χ2n) is 8.22. The summed E-state index contributed by atoms with van der Waals surface area (Å²) in [6, 6.07) is 19.7. The first-order chi connectivity index (χ1) is 15.0. The van der Waals surface area contributed by atoms with Gasteiger partial charge in [0.05, 0.1) is 13.0 Å². The minimum absolute atomic E-state index is 0.00228. The zero-order valence-electron chi connectivity index (χ0n) is 18.1. The number of carbonyl (C=O) groups excluding carboxylic acids is 2. The van der Waals surface area contributed by atoms with Crippen LogP contribution in [0.15, 0.2) is 60.7 Å². The summed E-state index contributed by atoms with van der Waals surface area (Å²) in [6.45, 7) is 3.64. The Balaban J connectivity index is 1.36. The highest BCUT2D eigenvalue weighted by Gasteiger charge is 2.28. The van der Waals surface area contributed by atoms with Crippen molar-refractivity contribution in [2.45, 2.75) is 26.3 Å². The van der Waals surface area contributed by atoms with E-state index in [9.17, 15) is 9.59 Å². The number of hydrogen-bond donors (Lipinski definition) is 1. The maximum absolute atomic E-state index is 12.8. The molecule has 1 atom stereocenters. The normalized spacial score (nSPS) is 16.2. The Morgan fingerprint density at radius 2 is 1.77 bits per heavy atom. The van der Waals surface area contributed by atoms with Gasteiger partial charge in [-0.05, 0) is 66.4 Å². The van der Waals surface area contributed by atoms with Crippen molar-refractivity contribution < 1.29 is 14.3 Å². The summed E-state index contributed by atoms with van der Waals surface area (Å²) in [5.74, 6) is 0.669. The number of benzene rings is 3. The topological polar surface area (TPSA) is 58.6 Å².